The van der Waals surface area contributed by atoms with Crippen molar-refractivity contribution in [1.29, 1.82) is 0 Å². The maximum absolute atomic E-state index is 14.3. The monoisotopic (exact) mass is 306 g/mol. The molecule has 0 unspecified atom stereocenters. The first-order valence-electron chi connectivity index (χ1n) is 7.79. The Morgan fingerprint density at radius 2 is 1.41 bits per heavy atom. The minimum Gasteiger partial charge on any atom is -0.313 e. The van der Waals surface area contributed by atoms with Crippen molar-refractivity contribution in [1.82, 2.24) is 0 Å². The van der Waals surface area contributed by atoms with Crippen molar-refractivity contribution in [3.05, 3.63) is 85.0 Å². The van der Waals surface area contributed by atoms with Gasteiger partial charge in [0, 0.05) is 16.3 Å². The standard InChI is InChI=1S/C20H19OP/c1-15-16-12-13-17(14-16)20(15)22(21,18-8-4-2-5-9-18)19-10-6-3-7-11-19/h2-13,16-17,20H,1,14H2/t16-,17+,20-/m0/s1. The van der Waals surface area contributed by atoms with Gasteiger partial charge in [-0.05, 0) is 18.3 Å². The van der Waals surface area contributed by atoms with E-state index >= 15 is 0 Å². The Morgan fingerprint density at radius 1 is 0.864 bits per heavy atom. The Bertz CT molecular complexity index is 732. The zero-order chi connectivity index (χ0) is 15.2. The fourth-order valence-corrected chi connectivity index (χ4v) is 7.59. The number of hydrogen-bond donors (Lipinski definition) is 0. The third-order valence-corrected chi connectivity index (χ3v) is 8.68. The number of benzene rings is 2. The van der Waals surface area contributed by atoms with Crippen LogP contribution >= 0.6 is 7.14 Å². The molecule has 0 aliphatic heterocycles. The molecule has 2 aromatic carbocycles. The third kappa shape index (κ3) is 1.89. The van der Waals surface area contributed by atoms with Gasteiger partial charge in [0.15, 0.2) is 7.14 Å². The van der Waals surface area contributed by atoms with Gasteiger partial charge in [-0.15, -0.1) is 0 Å². The van der Waals surface area contributed by atoms with E-state index in [1.165, 1.54) is 0 Å². The topological polar surface area (TPSA) is 17.1 Å². The van der Waals surface area contributed by atoms with Crippen LogP contribution in [-0.4, -0.2) is 5.66 Å². The van der Waals surface area contributed by atoms with Crippen LogP contribution in [0.15, 0.2) is 85.0 Å². The Morgan fingerprint density at radius 3 is 1.86 bits per heavy atom. The SMILES string of the molecule is C=C1[C@H]2C=C[C@H](C2)[C@H]1P(=O)(c1ccccc1)c1ccccc1. The second-order valence-electron chi connectivity index (χ2n) is 6.24. The Hall–Kier alpha value is -1.85. The smallest absolute Gasteiger partial charge is 0.150 e. The molecule has 2 aromatic rings. The molecule has 1 fully saturated rings. The van der Waals surface area contributed by atoms with Gasteiger partial charge in [-0.3, -0.25) is 0 Å². The molecule has 2 aliphatic rings. The zero-order valence-corrected chi connectivity index (χ0v) is 13.3. The van der Waals surface area contributed by atoms with Crippen molar-refractivity contribution in [2.75, 3.05) is 0 Å². The van der Waals surface area contributed by atoms with Gasteiger partial charge < -0.3 is 4.57 Å². The first-order chi connectivity index (χ1) is 10.7. The molecule has 1 saturated carbocycles. The van der Waals surface area contributed by atoms with Crippen LogP contribution in [-0.2, 0) is 4.57 Å². The summed E-state index contributed by atoms with van der Waals surface area (Å²) in [7, 11) is -2.72. The van der Waals surface area contributed by atoms with E-state index in [0.29, 0.717) is 11.8 Å². The number of rotatable bonds is 3. The second-order valence-corrected chi connectivity index (χ2v) is 9.14. The highest BCUT2D eigenvalue weighted by Crippen LogP contribution is 2.62. The lowest BCUT2D eigenvalue weighted by Gasteiger charge is -2.31. The van der Waals surface area contributed by atoms with Crippen LogP contribution in [0.5, 0.6) is 0 Å². The van der Waals surface area contributed by atoms with Crippen LogP contribution in [0.3, 0.4) is 0 Å². The molecule has 0 amide bonds. The van der Waals surface area contributed by atoms with Crippen LogP contribution in [0.4, 0.5) is 0 Å². The quantitative estimate of drug-likeness (QED) is 0.615. The lowest BCUT2D eigenvalue weighted by atomic mass is 10.0. The van der Waals surface area contributed by atoms with E-state index in [-0.39, 0.29) is 5.66 Å². The normalized spacial score (nSPS) is 26.5. The molecule has 0 radical (unpaired) electrons. The molecule has 22 heavy (non-hydrogen) atoms. The van der Waals surface area contributed by atoms with E-state index in [0.717, 1.165) is 22.6 Å². The molecule has 0 heterocycles. The fourth-order valence-electron chi connectivity index (χ4n) is 4.00. The minimum atomic E-state index is -2.72. The highest BCUT2D eigenvalue weighted by atomic mass is 31.2. The van der Waals surface area contributed by atoms with Crippen LogP contribution in [0, 0.1) is 11.8 Å². The van der Waals surface area contributed by atoms with Gasteiger partial charge in [-0.1, -0.05) is 85.0 Å². The number of hydrogen-bond acceptors (Lipinski definition) is 1. The average Bonchev–Trinajstić information content (AvgIpc) is 3.17. The van der Waals surface area contributed by atoms with Crippen molar-refractivity contribution in [3.8, 4) is 0 Å². The van der Waals surface area contributed by atoms with Crippen molar-refractivity contribution in [2.45, 2.75) is 12.1 Å². The molecule has 0 saturated heterocycles. The first kappa shape index (κ1) is 13.8. The lowest BCUT2D eigenvalue weighted by Crippen LogP contribution is -2.29. The molecule has 0 N–H and O–H groups in total. The molecule has 4 rings (SSSR count). The molecular formula is C20H19OP. The number of fused-ring (bicyclic) bond motifs is 2. The van der Waals surface area contributed by atoms with Crippen molar-refractivity contribution < 1.29 is 4.57 Å². The Balaban J connectivity index is 1.93. The van der Waals surface area contributed by atoms with Crippen LogP contribution in [0.2, 0.25) is 0 Å². The maximum Gasteiger partial charge on any atom is 0.150 e. The van der Waals surface area contributed by atoms with E-state index in [1.54, 1.807) is 0 Å². The van der Waals surface area contributed by atoms with E-state index in [2.05, 4.69) is 18.7 Å². The first-order valence-corrected chi connectivity index (χ1v) is 9.57. The average molecular weight is 306 g/mol. The summed E-state index contributed by atoms with van der Waals surface area (Å²) in [6.07, 6.45) is 5.57. The van der Waals surface area contributed by atoms with Crippen LogP contribution < -0.4 is 10.6 Å². The highest BCUT2D eigenvalue weighted by Gasteiger charge is 2.50. The van der Waals surface area contributed by atoms with Gasteiger partial charge in [0.2, 0.25) is 0 Å². The molecule has 2 bridgehead atoms. The molecule has 110 valence electrons. The van der Waals surface area contributed by atoms with E-state index < -0.39 is 7.14 Å². The van der Waals surface area contributed by atoms with E-state index in [9.17, 15) is 4.57 Å². The summed E-state index contributed by atoms with van der Waals surface area (Å²) >= 11 is 0. The van der Waals surface area contributed by atoms with E-state index in [4.69, 9.17) is 0 Å². The van der Waals surface area contributed by atoms with Crippen molar-refractivity contribution in [2.24, 2.45) is 11.8 Å². The molecule has 2 aliphatic carbocycles. The molecule has 1 nitrogen and oxygen atoms in total. The summed E-state index contributed by atoms with van der Waals surface area (Å²) < 4.78 is 14.3. The molecular weight excluding hydrogens is 287 g/mol. The van der Waals surface area contributed by atoms with Gasteiger partial charge >= 0.3 is 0 Å². The largest absolute Gasteiger partial charge is 0.313 e. The molecule has 0 aromatic heterocycles. The summed E-state index contributed by atoms with van der Waals surface area (Å²) in [4.78, 5) is 0. The Kier molecular flexibility index (Phi) is 3.20. The van der Waals surface area contributed by atoms with Crippen LogP contribution in [0.25, 0.3) is 0 Å². The van der Waals surface area contributed by atoms with Gasteiger partial charge in [0.25, 0.3) is 0 Å². The zero-order valence-electron chi connectivity index (χ0n) is 12.4. The predicted octanol–water partition coefficient (Wildman–Crippen LogP) is 4.13. The summed E-state index contributed by atoms with van der Waals surface area (Å²) in [5.74, 6) is 0.777. The second kappa shape index (κ2) is 5.11. The van der Waals surface area contributed by atoms with Gasteiger partial charge in [0.05, 0.1) is 0 Å². The predicted molar refractivity (Wildman–Crippen MR) is 93.4 cm³/mol. The van der Waals surface area contributed by atoms with Crippen molar-refractivity contribution >= 4 is 17.8 Å². The molecule has 2 heteroatoms. The minimum absolute atomic E-state index is 0.0484. The van der Waals surface area contributed by atoms with Crippen molar-refractivity contribution in [3.63, 3.8) is 0 Å². The van der Waals surface area contributed by atoms with Gasteiger partial charge in [-0.25, -0.2) is 0 Å². The molecule has 0 spiro atoms. The highest BCUT2D eigenvalue weighted by molar-refractivity contribution is 7.79. The summed E-state index contributed by atoms with van der Waals surface area (Å²) in [6, 6.07) is 19.9. The third-order valence-electron chi connectivity index (χ3n) is 5.05. The molecule has 3 atom stereocenters. The summed E-state index contributed by atoms with van der Waals surface area (Å²) in [5, 5.41) is 1.90. The lowest BCUT2D eigenvalue weighted by molar-refractivity contribution is 0.572. The summed E-state index contributed by atoms with van der Waals surface area (Å²) in [6.45, 7) is 4.31. The summed E-state index contributed by atoms with van der Waals surface area (Å²) in [5.41, 5.74) is 1.20. The Labute approximate surface area is 131 Å². The van der Waals surface area contributed by atoms with E-state index in [1.807, 2.05) is 60.7 Å². The number of allylic oxidation sites excluding steroid dienone is 3. The fraction of sp³-hybridized carbons (Fsp3) is 0.200. The van der Waals surface area contributed by atoms with Gasteiger partial charge in [0.1, 0.15) is 0 Å². The van der Waals surface area contributed by atoms with Crippen LogP contribution in [0.1, 0.15) is 6.42 Å². The maximum atomic E-state index is 14.3. The van der Waals surface area contributed by atoms with Gasteiger partial charge in [-0.2, -0.15) is 0 Å².